The van der Waals surface area contributed by atoms with E-state index in [4.69, 9.17) is 5.11 Å². The minimum atomic E-state index is -1.78. The lowest BCUT2D eigenvalue weighted by Gasteiger charge is -2.03. The van der Waals surface area contributed by atoms with Gasteiger partial charge in [-0.2, -0.15) is 0 Å². The topological polar surface area (TPSA) is 98.3 Å². The van der Waals surface area contributed by atoms with Gasteiger partial charge < -0.3 is 5.11 Å². The predicted molar refractivity (Wildman–Crippen MR) is 35.9 cm³/mol. The van der Waals surface area contributed by atoms with Gasteiger partial charge in [0.05, 0.1) is 4.92 Å². The number of aliphatic carboxylic acids is 1. The highest BCUT2D eigenvalue weighted by molar-refractivity contribution is 5.69. The van der Waals surface area contributed by atoms with Crippen LogP contribution in [0.5, 0.6) is 0 Å². The van der Waals surface area contributed by atoms with Crippen molar-refractivity contribution in [1.82, 2.24) is 9.55 Å². The van der Waals surface area contributed by atoms with Gasteiger partial charge in [0, 0.05) is 12.4 Å². The Kier molecular flexibility index (Phi) is 2.04. The molecule has 12 heavy (non-hydrogen) atoms. The lowest BCUT2D eigenvalue weighted by atomic mass is 10.5. The van der Waals surface area contributed by atoms with E-state index in [1.807, 2.05) is 0 Å². The quantitative estimate of drug-likeness (QED) is 0.499. The zero-order valence-corrected chi connectivity index (χ0v) is 5.82. The lowest BCUT2D eigenvalue weighted by Crippen LogP contribution is -2.25. The molecule has 1 atom stereocenters. The van der Waals surface area contributed by atoms with E-state index in [9.17, 15) is 14.9 Å². The minimum absolute atomic E-state index is 0.899. The van der Waals surface area contributed by atoms with E-state index in [-0.39, 0.29) is 0 Å². The van der Waals surface area contributed by atoms with Crippen molar-refractivity contribution in [1.29, 1.82) is 0 Å². The van der Waals surface area contributed by atoms with Crippen LogP contribution < -0.4 is 0 Å². The SMILES string of the molecule is O=C(O)C(n1ccnc1)[N+](=O)[O-]. The molecule has 0 aromatic carbocycles. The molecule has 1 heterocycles. The van der Waals surface area contributed by atoms with Crippen LogP contribution in [0.4, 0.5) is 0 Å². The second-order valence-corrected chi connectivity index (χ2v) is 2.01. The number of rotatable bonds is 3. The summed E-state index contributed by atoms with van der Waals surface area (Å²) in [5.41, 5.74) is 0. The fraction of sp³-hybridized carbons (Fsp3) is 0.200. The zero-order valence-electron chi connectivity index (χ0n) is 5.82. The number of carbonyl (C=O) groups is 1. The Hall–Kier alpha value is -1.92. The van der Waals surface area contributed by atoms with Crippen LogP contribution in [0.15, 0.2) is 18.7 Å². The molecular formula is C5H5N3O4. The molecule has 0 aliphatic carbocycles. The first-order valence-corrected chi connectivity index (χ1v) is 2.96. The van der Waals surface area contributed by atoms with Crippen LogP contribution in [0.3, 0.4) is 0 Å². The fourth-order valence-electron chi connectivity index (χ4n) is 0.741. The summed E-state index contributed by atoms with van der Waals surface area (Å²) in [6.07, 6.45) is 1.80. The highest BCUT2D eigenvalue weighted by Crippen LogP contribution is 2.05. The summed E-state index contributed by atoms with van der Waals surface area (Å²) in [5, 5.41) is 18.6. The number of carboxylic acids is 1. The molecule has 7 heteroatoms. The first-order valence-electron chi connectivity index (χ1n) is 2.96. The number of nitrogens with zero attached hydrogens (tertiary/aromatic N) is 3. The van der Waals surface area contributed by atoms with E-state index in [1.165, 1.54) is 12.4 Å². The summed E-state index contributed by atoms with van der Waals surface area (Å²) in [6, 6.07) is 0. The Morgan fingerprint density at radius 3 is 2.75 bits per heavy atom. The van der Waals surface area contributed by atoms with Crippen LogP contribution >= 0.6 is 0 Å². The molecule has 1 aromatic heterocycles. The maximum Gasteiger partial charge on any atom is 0.402 e. The monoisotopic (exact) mass is 171 g/mol. The predicted octanol–water partition coefficient (Wildman–Crippen LogP) is -0.257. The Labute approximate surface area is 66.4 Å². The Bertz CT molecular complexity index is 280. The van der Waals surface area contributed by atoms with Crippen molar-refractivity contribution in [2.24, 2.45) is 0 Å². The summed E-state index contributed by atoms with van der Waals surface area (Å²) >= 11 is 0. The molecule has 1 unspecified atom stereocenters. The molecule has 1 aromatic rings. The summed E-state index contributed by atoms with van der Waals surface area (Å²) < 4.78 is 0.905. The number of hydrogen-bond donors (Lipinski definition) is 1. The van der Waals surface area contributed by atoms with Gasteiger partial charge in [0.15, 0.2) is 0 Å². The van der Waals surface area contributed by atoms with Crippen LogP contribution in [0.1, 0.15) is 6.17 Å². The van der Waals surface area contributed by atoms with Gasteiger partial charge in [-0.15, -0.1) is 0 Å². The third-order valence-electron chi connectivity index (χ3n) is 1.23. The van der Waals surface area contributed by atoms with E-state index >= 15 is 0 Å². The van der Waals surface area contributed by atoms with Crippen molar-refractivity contribution in [3.8, 4) is 0 Å². The largest absolute Gasteiger partial charge is 0.475 e. The molecule has 7 nitrogen and oxygen atoms in total. The number of imidazole rings is 1. The van der Waals surface area contributed by atoms with Gasteiger partial charge in [0.2, 0.25) is 0 Å². The van der Waals surface area contributed by atoms with Crippen molar-refractivity contribution in [2.75, 3.05) is 0 Å². The maximum atomic E-state index is 10.3. The van der Waals surface area contributed by atoms with Crippen molar-refractivity contribution in [2.45, 2.75) is 6.17 Å². The first kappa shape index (κ1) is 8.18. The summed E-state index contributed by atoms with van der Waals surface area (Å²) in [5.74, 6) is -1.52. The van der Waals surface area contributed by atoms with Crippen molar-refractivity contribution < 1.29 is 14.8 Å². The van der Waals surface area contributed by atoms with E-state index in [2.05, 4.69) is 4.98 Å². The third-order valence-corrected chi connectivity index (χ3v) is 1.23. The van der Waals surface area contributed by atoms with Gasteiger partial charge in [-0.05, 0) is 0 Å². The molecule has 0 bridgehead atoms. The molecule has 0 radical (unpaired) electrons. The van der Waals surface area contributed by atoms with Crippen molar-refractivity contribution >= 4 is 5.97 Å². The van der Waals surface area contributed by atoms with Crippen LogP contribution in [0.2, 0.25) is 0 Å². The van der Waals surface area contributed by atoms with Crippen LogP contribution in [-0.2, 0) is 4.79 Å². The van der Waals surface area contributed by atoms with Gasteiger partial charge in [-0.1, -0.05) is 0 Å². The van der Waals surface area contributed by atoms with Gasteiger partial charge in [-0.25, -0.2) is 9.78 Å². The van der Waals surface area contributed by atoms with Crippen LogP contribution in [0, 0.1) is 10.1 Å². The van der Waals surface area contributed by atoms with Crippen LogP contribution in [0.25, 0.3) is 0 Å². The summed E-state index contributed by atoms with van der Waals surface area (Å²) in [7, 11) is 0. The Balaban J connectivity index is 2.96. The number of nitro groups is 1. The molecule has 0 saturated heterocycles. The standard InChI is InChI=1S/C5H5N3O4/c9-5(10)4(8(11)12)7-2-1-6-3-7/h1-4H,(H,9,10). The highest BCUT2D eigenvalue weighted by atomic mass is 16.6. The molecule has 0 fully saturated rings. The molecule has 0 amide bonds. The van der Waals surface area contributed by atoms with E-state index < -0.39 is 17.1 Å². The molecule has 1 N–H and O–H groups in total. The summed E-state index contributed by atoms with van der Waals surface area (Å²) in [6.45, 7) is 0. The lowest BCUT2D eigenvalue weighted by molar-refractivity contribution is -0.534. The van der Waals surface area contributed by atoms with E-state index in [0.29, 0.717) is 0 Å². The number of hydrogen-bond acceptors (Lipinski definition) is 4. The smallest absolute Gasteiger partial charge is 0.402 e. The molecule has 0 saturated carbocycles. The van der Waals surface area contributed by atoms with Gasteiger partial charge in [-0.3, -0.25) is 14.7 Å². The molecule has 0 aliphatic heterocycles. The van der Waals surface area contributed by atoms with Gasteiger partial charge >= 0.3 is 12.1 Å². The molecule has 0 spiro atoms. The normalized spacial score (nSPS) is 12.3. The Morgan fingerprint density at radius 1 is 1.75 bits per heavy atom. The average molecular weight is 171 g/mol. The van der Waals surface area contributed by atoms with Gasteiger partial charge in [0.25, 0.3) is 0 Å². The second kappa shape index (κ2) is 2.99. The van der Waals surface area contributed by atoms with Gasteiger partial charge in [0.1, 0.15) is 6.33 Å². The number of aromatic nitrogens is 2. The minimum Gasteiger partial charge on any atom is -0.475 e. The highest BCUT2D eigenvalue weighted by Gasteiger charge is 2.30. The molecule has 1 rings (SSSR count). The molecular weight excluding hydrogens is 166 g/mol. The average Bonchev–Trinajstić information content (AvgIpc) is 2.37. The Morgan fingerprint density at radius 2 is 2.42 bits per heavy atom. The third kappa shape index (κ3) is 1.39. The fourth-order valence-corrected chi connectivity index (χ4v) is 0.741. The van der Waals surface area contributed by atoms with E-state index in [0.717, 1.165) is 10.9 Å². The van der Waals surface area contributed by atoms with Crippen molar-refractivity contribution in [3.05, 3.63) is 28.8 Å². The second-order valence-electron chi connectivity index (χ2n) is 2.01. The van der Waals surface area contributed by atoms with E-state index in [1.54, 1.807) is 0 Å². The molecule has 0 aliphatic rings. The zero-order chi connectivity index (χ0) is 9.14. The summed E-state index contributed by atoms with van der Waals surface area (Å²) in [4.78, 5) is 23.2. The number of carboxylic acid groups (broad SMARTS) is 1. The molecule has 64 valence electrons. The van der Waals surface area contributed by atoms with Crippen LogP contribution in [-0.4, -0.2) is 25.6 Å². The van der Waals surface area contributed by atoms with Crippen molar-refractivity contribution in [3.63, 3.8) is 0 Å². The first-order chi connectivity index (χ1) is 5.63. The maximum absolute atomic E-state index is 10.3.